The maximum absolute atomic E-state index is 5.64. The molecule has 21 heavy (non-hydrogen) atoms. The van der Waals surface area contributed by atoms with E-state index in [1.807, 2.05) is 43.4 Å². The van der Waals surface area contributed by atoms with E-state index in [1.54, 1.807) is 7.11 Å². The zero-order valence-electron chi connectivity index (χ0n) is 13.3. The molecule has 0 saturated heterocycles. The van der Waals surface area contributed by atoms with Crippen molar-refractivity contribution in [2.45, 2.75) is 26.9 Å². The molecule has 0 amide bonds. The molecule has 1 heterocycles. The fourth-order valence-corrected chi connectivity index (χ4v) is 2.31. The van der Waals surface area contributed by atoms with Crippen molar-refractivity contribution in [3.63, 3.8) is 0 Å². The second kappa shape index (κ2) is 6.22. The van der Waals surface area contributed by atoms with Gasteiger partial charge in [-0.15, -0.1) is 0 Å². The lowest BCUT2D eigenvalue weighted by Crippen LogP contribution is -2.23. The minimum absolute atomic E-state index is 0.0743. The Hall–Kier alpha value is -1.94. The number of nitrogens with one attached hydrogen (secondary N) is 1. The van der Waals surface area contributed by atoms with Crippen LogP contribution in [0, 0.1) is 5.41 Å². The molecule has 0 aliphatic heterocycles. The summed E-state index contributed by atoms with van der Waals surface area (Å²) in [5.41, 5.74) is 1.90. The second-order valence-electron chi connectivity index (χ2n) is 6.09. The number of anilines is 1. The Morgan fingerprint density at radius 1 is 1.10 bits per heavy atom. The van der Waals surface area contributed by atoms with Gasteiger partial charge in [0.1, 0.15) is 11.9 Å². The number of nitrogens with zero attached hydrogens (tertiary/aromatic N) is 2. The molecule has 0 spiro atoms. The normalized spacial score (nSPS) is 13.0. The van der Waals surface area contributed by atoms with E-state index in [-0.39, 0.29) is 11.5 Å². The predicted molar refractivity (Wildman–Crippen MR) is 86.2 cm³/mol. The number of ether oxygens (including phenoxy) is 1. The van der Waals surface area contributed by atoms with Crippen LogP contribution in [0.15, 0.2) is 36.4 Å². The lowest BCUT2D eigenvalue weighted by atomic mass is 9.88. The van der Waals surface area contributed by atoms with Crippen molar-refractivity contribution < 1.29 is 4.74 Å². The van der Waals surface area contributed by atoms with Gasteiger partial charge < -0.3 is 10.1 Å². The standard InChI is InChI=1S/C17H23N3O/c1-17(2,3)15(21-5)16-19-13(11-14(18-4)20-16)12-9-7-6-8-10-12/h6-11,15H,1-5H3,(H,18,19,20). The van der Waals surface area contributed by atoms with Crippen molar-refractivity contribution in [1.29, 1.82) is 0 Å². The molecule has 2 rings (SSSR count). The van der Waals surface area contributed by atoms with E-state index in [4.69, 9.17) is 9.72 Å². The number of hydrogen-bond donors (Lipinski definition) is 1. The molecular formula is C17H23N3O. The van der Waals surface area contributed by atoms with Crippen molar-refractivity contribution in [3.8, 4) is 11.3 Å². The van der Waals surface area contributed by atoms with E-state index in [1.165, 1.54) is 0 Å². The predicted octanol–water partition coefficient (Wildman–Crippen LogP) is 3.92. The fraction of sp³-hybridized carbons (Fsp3) is 0.412. The molecule has 1 aromatic carbocycles. The van der Waals surface area contributed by atoms with Crippen LogP contribution in [0.25, 0.3) is 11.3 Å². The van der Waals surface area contributed by atoms with Gasteiger partial charge in [0, 0.05) is 25.8 Å². The minimum Gasteiger partial charge on any atom is -0.373 e. The molecule has 1 atom stereocenters. The lowest BCUT2D eigenvalue weighted by molar-refractivity contribution is 0.00885. The van der Waals surface area contributed by atoms with E-state index in [0.29, 0.717) is 5.82 Å². The molecule has 0 aliphatic carbocycles. The highest BCUT2D eigenvalue weighted by Crippen LogP contribution is 2.35. The summed E-state index contributed by atoms with van der Waals surface area (Å²) in [6, 6.07) is 12.1. The van der Waals surface area contributed by atoms with Crippen LogP contribution in [-0.4, -0.2) is 24.1 Å². The number of hydrogen-bond acceptors (Lipinski definition) is 4. The topological polar surface area (TPSA) is 47.0 Å². The van der Waals surface area contributed by atoms with E-state index >= 15 is 0 Å². The Bertz CT molecular complexity index is 591. The van der Waals surface area contributed by atoms with Gasteiger partial charge in [0.15, 0.2) is 5.82 Å². The van der Waals surface area contributed by atoms with Crippen LogP contribution in [0.4, 0.5) is 5.82 Å². The Balaban J connectivity index is 2.53. The smallest absolute Gasteiger partial charge is 0.160 e. The van der Waals surface area contributed by atoms with Crippen LogP contribution >= 0.6 is 0 Å². The quantitative estimate of drug-likeness (QED) is 0.925. The van der Waals surface area contributed by atoms with E-state index < -0.39 is 0 Å². The van der Waals surface area contributed by atoms with Crippen LogP contribution in [0.2, 0.25) is 0 Å². The third-order valence-corrected chi connectivity index (χ3v) is 3.33. The summed E-state index contributed by atoms with van der Waals surface area (Å²) < 4.78 is 5.64. The van der Waals surface area contributed by atoms with Crippen molar-refractivity contribution in [3.05, 3.63) is 42.2 Å². The molecule has 0 bridgehead atoms. The van der Waals surface area contributed by atoms with Gasteiger partial charge in [0.05, 0.1) is 5.69 Å². The first kappa shape index (κ1) is 15.4. The maximum Gasteiger partial charge on any atom is 0.160 e. The Labute approximate surface area is 126 Å². The molecule has 2 aromatic rings. The molecule has 1 unspecified atom stereocenters. The average molecular weight is 285 g/mol. The summed E-state index contributed by atoms with van der Waals surface area (Å²) in [5, 5.41) is 3.10. The van der Waals surface area contributed by atoms with Gasteiger partial charge in [-0.05, 0) is 5.41 Å². The lowest BCUT2D eigenvalue weighted by Gasteiger charge is -2.28. The molecule has 0 fully saturated rings. The number of rotatable bonds is 4. The van der Waals surface area contributed by atoms with Crippen molar-refractivity contribution in [2.24, 2.45) is 5.41 Å². The van der Waals surface area contributed by atoms with Gasteiger partial charge in [-0.25, -0.2) is 9.97 Å². The van der Waals surface area contributed by atoms with Crippen LogP contribution in [0.3, 0.4) is 0 Å². The highest BCUT2D eigenvalue weighted by molar-refractivity contribution is 5.62. The molecule has 0 radical (unpaired) electrons. The number of aromatic nitrogens is 2. The second-order valence-corrected chi connectivity index (χ2v) is 6.09. The average Bonchev–Trinajstić information content (AvgIpc) is 2.47. The zero-order chi connectivity index (χ0) is 15.5. The molecule has 1 N–H and O–H groups in total. The largest absolute Gasteiger partial charge is 0.373 e. The molecule has 112 valence electrons. The third kappa shape index (κ3) is 3.58. The SMILES string of the molecule is CNc1cc(-c2ccccc2)nc(C(OC)C(C)(C)C)n1. The van der Waals surface area contributed by atoms with Crippen molar-refractivity contribution >= 4 is 5.82 Å². The highest BCUT2D eigenvalue weighted by Gasteiger charge is 2.29. The van der Waals surface area contributed by atoms with Gasteiger partial charge >= 0.3 is 0 Å². The number of benzene rings is 1. The summed E-state index contributed by atoms with van der Waals surface area (Å²) in [6.45, 7) is 6.37. The summed E-state index contributed by atoms with van der Waals surface area (Å²) in [4.78, 5) is 9.28. The Morgan fingerprint density at radius 2 is 1.76 bits per heavy atom. The van der Waals surface area contributed by atoms with Gasteiger partial charge in [-0.1, -0.05) is 51.1 Å². The third-order valence-electron chi connectivity index (χ3n) is 3.33. The monoisotopic (exact) mass is 285 g/mol. The minimum atomic E-state index is -0.159. The van der Waals surface area contributed by atoms with Crippen LogP contribution in [-0.2, 0) is 4.74 Å². The van der Waals surface area contributed by atoms with Crippen LogP contribution in [0.1, 0.15) is 32.7 Å². The molecule has 0 aliphatic rings. The fourth-order valence-electron chi connectivity index (χ4n) is 2.31. The molecule has 1 aromatic heterocycles. The molecule has 0 saturated carbocycles. The molecule has 4 nitrogen and oxygen atoms in total. The first-order valence-corrected chi connectivity index (χ1v) is 7.10. The summed E-state index contributed by atoms with van der Waals surface area (Å²) >= 11 is 0. The van der Waals surface area contributed by atoms with Gasteiger partial charge in [-0.2, -0.15) is 0 Å². The van der Waals surface area contributed by atoms with Gasteiger partial charge in [0.2, 0.25) is 0 Å². The van der Waals surface area contributed by atoms with Crippen molar-refractivity contribution in [1.82, 2.24) is 9.97 Å². The van der Waals surface area contributed by atoms with E-state index in [9.17, 15) is 0 Å². The highest BCUT2D eigenvalue weighted by atomic mass is 16.5. The van der Waals surface area contributed by atoms with Gasteiger partial charge in [0.25, 0.3) is 0 Å². The van der Waals surface area contributed by atoms with Gasteiger partial charge in [-0.3, -0.25) is 0 Å². The summed E-state index contributed by atoms with van der Waals surface area (Å²) in [6.07, 6.45) is -0.159. The van der Waals surface area contributed by atoms with Crippen LogP contribution in [0.5, 0.6) is 0 Å². The summed E-state index contributed by atoms with van der Waals surface area (Å²) in [7, 11) is 3.56. The molecule has 4 heteroatoms. The van der Waals surface area contributed by atoms with E-state index in [0.717, 1.165) is 17.1 Å². The Kier molecular flexibility index (Phi) is 4.58. The Morgan fingerprint density at radius 3 is 2.29 bits per heavy atom. The first-order chi connectivity index (χ1) is 9.95. The van der Waals surface area contributed by atoms with Crippen molar-refractivity contribution in [2.75, 3.05) is 19.5 Å². The van der Waals surface area contributed by atoms with E-state index in [2.05, 4.69) is 31.1 Å². The summed E-state index contributed by atoms with van der Waals surface area (Å²) in [5.74, 6) is 1.50. The van der Waals surface area contributed by atoms with Crippen LogP contribution < -0.4 is 5.32 Å². The zero-order valence-corrected chi connectivity index (χ0v) is 13.3. The maximum atomic E-state index is 5.64. The first-order valence-electron chi connectivity index (χ1n) is 7.10. The molecular weight excluding hydrogens is 262 g/mol. The number of methoxy groups -OCH3 is 1.